The van der Waals surface area contributed by atoms with Crippen LogP contribution in [0.15, 0.2) is 18.2 Å². The summed E-state index contributed by atoms with van der Waals surface area (Å²) in [5.74, 6) is 1.32. The van der Waals surface area contributed by atoms with Crippen molar-refractivity contribution in [3.8, 4) is 0 Å². The molecule has 0 fully saturated rings. The number of halogens is 1. The summed E-state index contributed by atoms with van der Waals surface area (Å²) in [7, 11) is 1.63. The number of aryl methyl sites for hydroxylation is 2. The highest BCUT2D eigenvalue weighted by molar-refractivity contribution is 6.17. The zero-order valence-electron chi connectivity index (χ0n) is 10.5. The minimum Gasteiger partial charge on any atom is -0.358 e. The van der Waals surface area contributed by atoms with Crippen molar-refractivity contribution in [2.45, 2.75) is 19.9 Å². The number of para-hydroxylation sites is 1. The van der Waals surface area contributed by atoms with Gasteiger partial charge in [0.25, 0.3) is 0 Å². The Kier molecular flexibility index (Phi) is 3.87. The molecule has 2 rings (SSSR count). The Balaban J connectivity index is 2.57. The van der Waals surface area contributed by atoms with E-state index in [1.54, 1.807) is 7.05 Å². The number of hydrogen-bond acceptors (Lipinski definition) is 2. The molecule has 0 aliphatic rings. The van der Waals surface area contributed by atoms with Crippen LogP contribution < -0.4 is 5.32 Å². The van der Waals surface area contributed by atoms with Crippen LogP contribution in [0.3, 0.4) is 0 Å². The van der Waals surface area contributed by atoms with Gasteiger partial charge in [-0.15, -0.1) is 11.6 Å². The molecule has 0 saturated heterocycles. The van der Waals surface area contributed by atoms with E-state index in [-0.39, 0.29) is 12.5 Å². The Morgan fingerprint density at radius 3 is 2.94 bits per heavy atom. The Bertz CT molecular complexity index is 577. The van der Waals surface area contributed by atoms with E-state index in [1.807, 2.05) is 29.7 Å². The molecule has 1 aromatic carbocycles. The van der Waals surface area contributed by atoms with Crippen molar-refractivity contribution in [2.24, 2.45) is 0 Å². The lowest BCUT2D eigenvalue weighted by Crippen LogP contribution is -2.24. The van der Waals surface area contributed by atoms with Gasteiger partial charge in [-0.05, 0) is 18.6 Å². The maximum absolute atomic E-state index is 11.6. The maximum atomic E-state index is 11.6. The number of alkyl halides is 1. The highest BCUT2D eigenvalue weighted by Crippen LogP contribution is 2.20. The Morgan fingerprint density at radius 1 is 1.50 bits per heavy atom. The molecule has 1 amide bonds. The SMILES string of the molecule is CNC(=O)Cn1c(CCCl)nc2cccc(C)c21. The summed E-state index contributed by atoms with van der Waals surface area (Å²) in [5.41, 5.74) is 3.05. The third kappa shape index (κ3) is 2.34. The summed E-state index contributed by atoms with van der Waals surface area (Å²) in [5, 5.41) is 2.64. The fourth-order valence-electron chi connectivity index (χ4n) is 2.08. The largest absolute Gasteiger partial charge is 0.358 e. The highest BCUT2D eigenvalue weighted by atomic mass is 35.5. The van der Waals surface area contributed by atoms with E-state index in [0.717, 1.165) is 22.4 Å². The third-order valence-electron chi connectivity index (χ3n) is 2.95. The van der Waals surface area contributed by atoms with Gasteiger partial charge in [-0.25, -0.2) is 4.98 Å². The monoisotopic (exact) mass is 265 g/mol. The van der Waals surface area contributed by atoms with Crippen molar-refractivity contribution in [3.05, 3.63) is 29.6 Å². The van der Waals surface area contributed by atoms with E-state index in [1.165, 1.54) is 0 Å². The number of aromatic nitrogens is 2. The average molecular weight is 266 g/mol. The number of carbonyl (C=O) groups excluding carboxylic acids is 1. The van der Waals surface area contributed by atoms with Gasteiger partial charge in [0.1, 0.15) is 12.4 Å². The van der Waals surface area contributed by atoms with Gasteiger partial charge in [-0.2, -0.15) is 0 Å². The minimum absolute atomic E-state index is 0.0339. The van der Waals surface area contributed by atoms with E-state index in [0.29, 0.717) is 12.3 Å². The van der Waals surface area contributed by atoms with Gasteiger partial charge in [0.2, 0.25) is 5.91 Å². The second kappa shape index (κ2) is 5.40. The molecule has 0 aliphatic carbocycles. The quantitative estimate of drug-likeness (QED) is 0.858. The zero-order chi connectivity index (χ0) is 13.1. The molecule has 0 unspecified atom stereocenters. The van der Waals surface area contributed by atoms with Gasteiger partial charge >= 0.3 is 0 Å². The van der Waals surface area contributed by atoms with Crippen molar-refractivity contribution in [2.75, 3.05) is 12.9 Å². The number of nitrogens with zero attached hydrogens (tertiary/aromatic N) is 2. The summed E-state index contributed by atoms with van der Waals surface area (Å²) in [6, 6.07) is 5.95. The van der Waals surface area contributed by atoms with Crippen LogP contribution in [0.1, 0.15) is 11.4 Å². The minimum atomic E-state index is -0.0339. The third-order valence-corrected chi connectivity index (χ3v) is 3.14. The number of carbonyl (C=O) groups is 1. The van der Waals surface area contributed by atoms with Gasteiger partial charge in [0.05, 0.1) is 11.0 Å². The summed E-state index contributed by atoms with van der Waals surface area (Å²) >= 11 is 5.79. The molecule has 1 N–H and O–H groups in total. The molecule has 1 heterocycles. The molecule has 1 aromatic heterocycles. The molecule has 96 valence electrons. The first kappa shape index (κ1) is 12.9. The van der Waals surface area contributed by atoms with Crippen LogP contribution in [0.5, 0.6) is 0 Å². The van der Waals surface area contributed by atoms with Crippen molar-refractivity contribution < 1.29 is 4.79 Å². The highest BCUT2D eigenvalue weighted by Gasteiger charge is 2.14. The van der Waals surface area contributed by atoms with Gasteiger partial charge in [-0.3, -0.25) is 4.79 Å². The van der Waals surface area contributed by atoms with Crippen molar-refractivity contribution in [1.82, 2.24) is 14.9 Å². The first-order valence-electron chi connectivity index (χ1n) is 5.88. The maximum Gasteiger partial charge on any atom is 0.239 e. The Morgan fingerprint density at radius 2 is 2.28 bits per heavy atom. The second-order valence-corrected chi connectivity index (χ2v) is 4.55. The number of imidazole rings is 1. The van der Waals surface area contributed by atoms with Crippen molar-refractivity contribution in [1.29, 1.82) is 0 Å². The molecule has 0 spiro atoms. The molecule has 18 heavy (non-hydrogen) atoms. The van der Waals surface area contributed by atoms with Crippen LogP contribution in [0.25, 0.3) is 11.0 Å². The summed E-state index contributed by atoms with van der Waals surface area (Å²) in [6.07, 6.45) is 0.659. The molecule has 0 bridgehead atoms. The van der Waals surface area contributed by atoms with Crippen LogP contribution >= 0.6 is 11.6 Å². The lowest BCUT2D eigenvalue weighted by atomic mass is 10.2. The van der Waals surface area contributed by atoms with Gasteiger partial charge in [-0.1, -0.05) is 12.1 Å². The van der Waals surface area contributed by atoms with Crippen molar-refractivity contribution in [3.63, 3.8) is 0 Å². The van der Waals surface area contributed by atoms with Crippen LogP contribution in [-0.4, -0.2) is 28.4 Å². The first-order valence-corrected chi connectivity index (χ1v) is 6.42. The molecule has 0 saturated carbocycles. The Hall–Kier alpha value is -1.55. The average Bonchev–Trinajstić information content (AvgIpc) is 2.69. The number of rotatable bonds is 4. The number of nitrogens with one attached hydrogen (secondary N) is 1. The number of fused-ring (bicyclic) bond motifs is 1. The van der Waals surface area contributed by atoms with E-state index in [2.05, 4.69) is 10.3 Å². The van der Waals surface area contributed by atoms with Crippen molar-refractivity contribution >= 4 is 28.5 Å². The fraction of sp³-hybridized carbons (Fsp3) is 0.385. The molecule has 0 aliphatic heterocycles. The number of benzene rings is 1. The van der Waals surface area contributed by atoms with Crippen LogP contribution in [0.4, 0.5) is 0 Å². The van der Waals surface area contributed by atoms with E-state index < -0.39 is 0 Å². The molecule has 0 radical (unpaired) electrons. The molecule has 5 heteroatoms. The first-order chi connectivity index (χ1) is 8.67. The normalized spacial score (nSPS) is 10.8. The zero-order valence-corrected chi connectivity index (χ0v) is 11.3. The van der Waals surface area contributed by atoms with Gasteiger partial charge in [0, 0.05) is 19.3 Å². The molecule has 2 aromatic rings. The van der Waals surface area contributed by atoms with Crippen LogP contribution in [-0.2, 0) is 17.8 Å². The van der Waals surface area contributed by atoms with Crippen LogP contribution in [0, 0.1) is 6.92 Å². The second-order valence-electron chi connectivity index (χ2n) is 4.17. The van der Waals surface area contributed by atoms with E-state index in [4.69, 9.17) is 11.6 Å². The summed E-state index contributed by atoms with van der Waals surface area (Å²) in [4.78, 5) is 16.1. The molecule has 0 atom stereocenters. The number of hydrogen-bond donors (Lipinski definition) is 1. The predicted molar refractivity (Wildman–Crippen MR) is 73.0 cm³/mol. The number of amides is 1. The standard InChI is InChI=1S/C13H16ClN3O/c1-9-4-3-5-10-13(9)17(8-12(18)15-2)11(16-10)6-7-14/h3-5H,6-8H2,1-2H3,(H,15,18). The van der Waals surface area contributed by atoms with E-state index in [9.17, 15) is 4.79 Å². The summed E-state index contributed by atoms with van der Waals surface area (Å²) < 4.78 is 1.95. The lowest BCUT2D eigenvalue weighted by Gasteiger charge is -2.08. The number of likely N-dealkylation sites (N-methyl/N-ethyl adjacent to an activating group) is 1. The molecule has 4 nitrogen and oxygen atoms in total. The predicted octanol–water partition coefficient (Wildman–Crippen LogP) is 1.87. The van der Waals surface area contributed by atoms with Gasteiger partial charge in [0.15, 0.2) is 0 Å². The lowest BCUT2D eigenvalue weighted by molar-refractivity contribution is -0.121. The van der Waals surface area contributed by atoms with E-state index >= 15 is 0 Å². The smallest absolute Gasteiger partial charge is 0.239 e. The molecular formula is C13H16ClN3O. The summed E-state index contributed by atoms with van der Waals surface area (Å²) in [6.45, 7) is 2.30. The topological polar surface area (TPSA) is 46.9 Å². The molecular weight excluding hydrogens is 250 g/mol. The Labute approximate surface area is 111 Å². The fourth-order valence-corrected chi connectivity index (χ4v) is 2.25. The van der Waals surface area contributed by atoms with Crippen LogP contribution in [0.2, 0.25) is 0 Å². The van der Waals surface area contributed by atoms with Gasteiger partial charge < -0.3 is 9.88 Å².